The Morgan fingerprint density at radius 3 is 2.88 bits per heavy atom. The van der Waals surface area contributed by atoms with Crippen LogP contribution in [0.3, 0.4) is 0 Å². The molecule has 1 N–H and O–H groups in total. The Labute approximate surface area is 138 Å². The van der Waals surface area contributed by atoms with Crippen molar-refractivity contribution in [2.45, 2.75) is 25.4 Å². The average Bonchev–Trinajstić information content (AvgIpc) is 3.26. The van der Waals surface area contributed by atoms with E-state index >= 15 is 0 Å². The summed E-state index contributed by atoms with van der Waals surface area (Å²) in [6.45, 7) is 0.824. The van der Waals surface area contributed by atoms with E-state index in [1.807, 2.05) is 0 Å². The molecule has 0 radical (unpaired) electrons. The molecule has 126 valence electrons. The summed E-state index contributed by atoms with van der Waals surface area (Å²) >= 11 is 0. The van der Waals surface area contributed by atoms with E-state index in [1.54, 1.807) is 30.3 Å². The molecule has 2 amide bonds. The molecule has 0 aromatic carbocycles. The van der Waals surface area contributed by atoms with Gasteiger partial charge in [0.05, 0.1) is 18.4 Å². The molecular formula is C17H19N3O4. The average molecular weight is 329 g/mol. The highest BCUT2D eigenvalue weighted by molar-refractivity contribution is 5.97. The van der Waals surface area contributed by atoms with E-state index in [9.17, 15) is 14.4 Å². The van der Waals surface area contributed by atoms with Crippen molar-refractivity contribution in [1.82, 2.24) is 14.8 Å². The SMILES string of the molecule is Cn1cc(C(=O)N2CCCC2C(=O)NCc2ccco2)ccc1=O. The molecule has 1 saturated heterocycles. The van der Waals surface area contributed by atoms with Crippen molar-refractivity contribution in [3.63, 3.8) is 0 Å². The third-order valence-electron chi connectivity index (χ3n) is 4.17. The standard InChI is InChI=1S/C17H19N3O4/c1-19-11-12(6-7-15(19)21)17(23)20-8-2-5-14(20)16(22)18-10-13-4-3-9-24-13/h3-4,6-7,9,11,14H,2,5,8,10H2,1H3,(H,18,22). The summed E-state index contributed by atoms with van der Waals surface area (Å²) in [5, 5.41) is 2.80. The quantitative estimate of drug-likeness (QED) is 0.903. The number of likely N-dealkylation sites (tertiary alicyclic amines) is 1. The normalized spacial score (nSPS) is 17.0. The number of aryl methyl sites for hydroxylation is 1. The van der Waals surface area contributed by atoms with Crippen LogP contribution in [0.25, 0.3) is 0 Å². The number of aromatic nitrogens is 1. The Morgan fingerprint density at radius 2 is 2.17 bits per heavy atom. The minimum atomic E-state index is -0.496. The highest BCUT2D eigenvalue weighted by Crippen LogP contribution is 2.20. The van der Waals surface area contributed by atoms with Crippen molar-refractivity contribution in [3.8, 4) is 0 Å². The summed E-state index contributed by atoms with van der Waals surface area (Å²) in [6, 6.07) is 5.90. The van der Waals surface area contributed by atoms with E-state index in [-0.39, 0.29) is 17.4 Å². The number of nitrogens with zero attached hydrogens (tertiary/aromatic N) is 2. The Bertz CT molecular complexity index is 794. The number of amides is 2. The monoisotopic (exact) mass is 329 g/mol. The molecule has 7 heteroatoms. The molecule has 2 aromatic heterocycles. The largest absolute Gasteiger partial charge is 0.467 e. The lowest BCUT2D eigenvalue weighted by Crippen LogP contribution is -2.45. The van der Waals surface area contributed by atoms with Crippen LogP contribution in [0.1, 0.15) is 29.0 Å². The topological polar surface area (TPSA) is 84.6 Å². The number of pyridine rings is 1. The van der Waals surface area contributed by atoms with Gasteiger partial charge in [-0.05, 0) is 31.0 Å². The summed E-state index contributed by atoms with van der Waals surface area (Å²) in [5.74, 6) is 0.237. The Balaban J connectivity index is 1.69. The lowest BCUT2D eigenvalue weighted by Gasteiger charge is -2.24. The second kappa shape index (κ2) is 6.74. The molecule has 1 aliphatic heterocycles. The molecule has 1 fully saturated rings. The van der Waals surface area contributed by atoms with Crippen molar-refractivity contribution in [2.24, 2.45) is 7.05 Å². The first kappa shape index (κ1) is 16.0. The van der Waals surface area contributed by atoms with Gasteiger partial charge in [-0.15, -0.1) is 0 Å². The van der Waals surface area contributed by atoms with E-state index in [1.165, 1.54) is 22.9 Å². The fourth-order valence-corrected chi connectivity index (χ4v) is 2.87. The molecule has 0 bridgehead atoms. The molecule has 1 unspecified atom stereocenters. The third-order valence-corrected chi connectivity index (χ3v) is 4.17. The lowest BCUT2D eigenvalue weighted by molar-refractivity contribution is -0.125. The Kier molecular flexibility index (Phi) is 4.50. The third kappa shape index (κ3) is 3.24. The highest BCUT2D eigenvalue weighted by Gasteiger charge is 2.34. The fourth-order valence-electron chi connectivity index (χ4n) is 2.87. The molecule has 2 aromatic rings. The van der Waals surface area contributed by atoms with Gasteiger partial charge in [-0.2, -0.15) is 0 Å². The summed E-state index contributed by atoms with van der Waals surface area (Å²) < 4.78 is 6.54. The van der Waals surface area contributed by atoms with E-state index in [0.717, 1.165) is 6.42 Å². The summed E-state index contributed by atoms with van der Waals surface area (Å²) in [4.78, 5) is 38.1. The van der Waals surface area contributed by atoms with Crippen molar-refractivity contribution < 1.29 is 14.0 Å². The van der Waals surface area contributed by atoms with Gasteiger partial charge in [0.1, 0.15) is 11.8 Å². The van der Waals surface area contributed by atoms with Gasteiger partial charge >= 0.3 is 0 Å². The lowest BCUT2D eigenvalue weighted by atomic mass is 10.2. The number of rotatable bonds is 4. The second-order valence-corrected chi connectivity index (χ2v) is 5.82. The molecule has 24 heavy (non-hydrogen) atoms. The van der Waals surface area contributed by atoms with Crippen LogP contribution in [0.15, 0.2) is 45.9 Å². The molecule has 0 saturated carbocycles. The zero-order chi connectivity index (χ0) is 17.1. The summed E-state index contributed by atoms with van der Waals surface area (Å²) in [5.41, 5.74) is 0.226. The zero-order valence-electron chi connectivity index (χ0n) is 13.4. The van der Waals surface area contributed by atoms with Gasteiger partial charge in [0, 0.05) is 25.9 Å². The maximum absolute atomic E-state index is 12.7. The van der Waals surface area contributed by atoms with Gasteiger partial charge < -0.3 is 19.2 Å². The first-order valence-electron chi connectivity index (χ1n) is 7.84. The van der Waals surface area contributed by atoms with Crippen molar-refractivity contribution in [2.75, 3.05) is 6.54 Å². The van der Waals surface area contributed by atoms with Crippen LogP contribution in [0.2, 0.25) is 0 Å². The maximum atomic E-state index is 12.7. The molecule has 0 spiro atoms. The van der Waals surface area contributed by atoms with Gasteiger partial charge in [-0.3, -0.25) is 14.4 Å². The van der Waals surface area contributed by atoms with E-state index in [4.69, 9.17) is 4.42 Å². The number of nitrogens with one attached hydrogen (secondary N) is 1. The minimum absolute atomic E-state index is 0.180. The molecule has 0 aliphatic carbocycles. The summed E-state index contributed by atoms with van der Waals surface area (Å²) in [6.07, 6.45) is 4.45. The predicted octanol–water partition coefficient (Wildman–Crippen LogP) is 0.899. The number of carbonyl (C=O) groups is 2. The first-order valence-corrected chi connectivity index (χ1v) is 7.84. The summed E-state index contributed by atoms with van der Waals surface area (Å²) in [7, 11) is 1.59. The highest BCUT2D eigenvalue weighted by atomic mass is 16.3. The number of carbonyl (C=O) groups excluding carboxylic acids is 2. The minimum Gasteiger partial charge on any atom is -0.467 e. The van der Waals surface area contributed by atoms with Crippen LogP contribution >= 0.6 is 0 Å². The molecule has 1 aliphatic rings. The van der Waals surface area contributed by atoms with Crippen LogP contribution in [-0.4, -0.2) is 33.9 Å². The smallest absolute Gasteiger partial charge is 0.256 e. The van der Waals surface area contributed by atoms with E-state index in [2.05, 4.69) is 5.32 Å². The zero-order valence-corrected chi connectivity index (χ0v) is 13.4. The molecule has 3 rings (SSSR count). The van der Waals surface area contributed by atoms with Gasteiger partial charge in [-0.25, -0.2) is 0 Å². The van der Waals surface area contributed by atoms with E-state index in [0.29, 0.717) is 30.8 Å². The predicted molar refractivity (Wildman–Crippen MR) is 86.3 cm³/mol. The Hall–Kier alpha value is -2.83. The van der Waals surface area contributed by atoms with Crippen LogP contribution in [0.4, 0.5) is 0 Å². The number of hydrogen-bond donors (Lipinski definition) is 1. The molecular weight excluding hydrogens is 310 g/mol. The van der Waals surface area contributed by atoms with Crippen molar-refractivity contribution in [3.05, 3.63) is 58.4 Å². The van der Waals surface area contributed by atoms with Gasteiger partial charge in [-0.1, -0.05) is 0 Å². The van der Waals surface area contributed by atoms with Gasteiger partial charge in [0.2, 0.25) is 11.5 Å². The first-order chi connectivity index (χ1) is 11.6. The van der Waals surface area contributed by atoms with Gasteiger partial charge in [0.25, 0.3) is 5.91 Å². The maximum Gasteiger partial charge on any atom is 0.256 e. The number of furan rings is 1. The number of hydrogen-bond acceptors (Lipinski definition) is 4. The molecule has 1 atom stereocenters. The van der Waals surface area contributed by atoms with E-state index < -0.39 is 6.04 Å². The second-order valence-electron chi connectivity index (χ2n) is 5.82. The van der Waals surface area contributed by atoms with Crippen molar-refractivity contribution >= 4 is 11.8 Å². The van der Waals surface area contributed by atoms with Gasteiger partial charge in [0.15, 0.2) is 0 Å². The Morgan fingerprint density at radius 1 is 1.33 bits per heavy atom. The van der Waals surface area contributed by atoms with Crippen LogP contribution in [-0.2, 0) is 18.4 Å². The van der Waals surface area contributed by atoms with Crippen LogP contribution in [0, 0.1) is 0 Å². The molecule has 3 heterocycles. The van der Waals surface area contributed by atoms with Crippen molar-refractivity contribution in [1.29, 1.82) is 0 Å². The van der Waals surface area contributed by atoms with Crippen LogP contribution in [0.5, 0.6) is 0 Å². The fraction of sp³-hybridized carbons (Fsp3) is 0.353. The molecule has 7 nitrogen and oxygen atoms in total. The van der Waals surface area contributed by atoms with Crippen LogP contribution < -0.4 is 10.9 Å².